The quantitative estimate of drug-likeness (QED) is 0.594. The molecular formula is C20H30N4OS. The lowest BCUT2D eigenvalue weighted by Gasteiger charge is -2.18. The van der Waals surface area contributed by atoms with E-state index >= 15 is 0 Å². The second-order valence-electron chi connectivity index (χ2n) is 7.17. The maximum atomic E-state index is 11.7. The third-order valence-electron chi connectivity index (χ3n) is 5.31. The molecule has 0 radical (unpaired) electrons. The number of thioether (sulfide) groups is 1. The zero-order valence-electron chi connectivity index (χ0n) is 15.8. The van der Waals surface area contributed by atoms with Crippen molar-refractivity contribution in [1.82, 2.24) is 15.5 Å². The molecule has 2 aliphatic rings. The highest BCUT2D eigenvalue weighted by Gasteiger charge is 2.24. The van der Waals surface area contributed by atoms with Gasteiger partial charge in [-0.25, -0.2) is 0 Å². The molecule has 1 saturated carbocycles. The lowest BCUT2D eigenvalue weighted by molar-refractivity contribution is -0.128. The van der Waals surface area contributed by atoms with Gasteiger partial charge in [0.05, 0.1) is 0 Å². The molecule has 0 aromatic heterocycles. The standard InChI is InChI=1S/C20H30N4OS/c1-21-20(23-17-9-10-18(12-17)26-2)22-13-15-5-7-16(8-6-15)14-24-11-3-4-19(24)25/h5-8,17-18H,3-4,9-14H2,1-2H3,(H2,21,22,23). The number of aliphatic imine (C=N–C) groups is 1. The molecule has 3 rings (SSSR count). The van der Waals surface area contributed by atoms with Gasteiger partial charge < -0.3 is 15.5 Å². The molecule has 2 N–H and O–H groups in total. The number of hydrogen-bond acceptors (Lipinski definition) is 3. The summed E-state index contributed by atoms with van der Waals surface area (Å²) >= 11 is 1.97. The van der Waals surface area contributed by atoms with Crippen LogP contribution in [-0.2, 0) is 17.9 Å². The van der Waals surface area contributed by atoms with Crippen LogP contribution in [0.4, 0.5) is 0 Å². The fourth-order valence-electron chi connectivity index (χ4n) is 3.71. The maximum Gasteiger partial charge on any atom is 0.222 e. The van der Waals surface area contributed by atoms with Crippen LogP contribution in [0.15, 0.2) is 29.3 Å². The summed E-state index contributed by atoms with van der Waals surface area (Å²) in [6, 6.07) is 9.04. The van der Waals surface area contributed by atoms with E-state index in [0.717, 1.165) is 37.3 Å². The van der Waals surface area contributed by atoms with Gasteiger partial charge in [-0.15, -0.1) is 0 Å². The highest BCUT2D eigenvalue weighted by Crippen LogP contribution is 2.28. The summed E-state index contributed by atoms with van der Waals surface area (Å²) in [6.07, 6.45) is 7.61. The van der Waals surface area contributed by atoms with E-state index in [-0.39, 0.29) is 5.91 Å². The van der Waals surface area contributed by atoms with Gasteiger partial charge in [-0.1, -0.05) is 24.3 Å². The topological polar surface area (TPSA) is 56.7 Å². The van der Waals surface area contributed by atoms with Crippen molar-refractivity contribution in [3.63, 3.8) is 0 Å². The number of carbonyl (C=O) groups is 1. The predicted molar refractivity (Wildman–Crippen MR) is 109 cm³/mol. The van der Waals surface area contributed by atoms with Crippen LogP contribution in [-0.4, -0.2) is 47.9 Å². The number of guanidine groups is 1. The average Bonchev–Trinajstić information content (AvgIpc) is 3.29. The second kappa shape index (κ2) is 9.31. The van der Waals surface area contributed by atoms with Crippen molar-refractivity contribution in [3.8, 4) is 0 Å². The van der Waals surface area contributed by atoms with Crippen molar-refractivity contribution < 1.29 is 4.79 Å². The van der Waals surface area contributed by atoms with E-state index in [1.165, 1.54) is 30.4 Å². The predicted octanol–water partition coefficient (Wildman–Crippen LogP) is 2.76. The van der Waals surface area contributed by atoms with Gasteiger partial charge in [0, 0.05) is 44.4 Å². The summed E-state index contributed by atoms with van der Waals surface area (Å²) in [6.45, 7) is 2.37. The van der Waals surface area contributed by atoms with Crippen molar-refractivity contribution >= 4 is 23.6 Å². The van der Waals surface area contributed by atoms with Crippen molar-refractivity contribution in [2.24, 2.45) is 4.99 Å². The van der Waals surface area contributed by atoms with Gasteiger partial charge in [-0.05, 0) is 43.1 Å². The Kier molecular flexibility index (Phi) is 6.83. The summed E-state index contributed by atoms with van der Waals surface area (Å²) in [5, 5.41) is 7.74. The second-order valence-corrected chi connectivity index (χ2v) is 8.31. The van der Waals surface area contributed by atoms with Crippen molar-refractivity contribution in [3.05, 3.63) is 35.4 Å². The molecule has 1 amide bonds. The molecule has 2 atom stereocenters. The van der Waals surface area contributed by atoms with Crippen LogP contribution < -0.4 is 10.6 Å². The normalized spacial score (nSPS) is 23.5. The van der Waals surface area contributed by atoms with Gasteiger partial charge >= 0.3 is 0 Å². The molecule has 1 heterocycles. The van der Waals surface area contributed by atoms with Crippen LogP contribution in [0.25, 0.3) is 0 Å². The molecule has 1 aliphatic carbocycles. The van der Waals surface area contributed by atoms with E-state index in [9.17, 15) is 4.79 Å². The molecule has 2 fully saturated rings. The van der Waals surface area contributed by atoms with Gasteiger partial charge in [0.25, 0.3) is 0 Å². The van der Waals surface area contributed by atoms with Crippen molar-refractivity contribution in [1.29, 1.82) is 0 Å². The molecule has 142 valence electrons. The van der Waals surface area contributed by atoms with Crippen molar-refractivity contribution in [2.45, 2.75) is 56.5 Å². The molecule has 0 bridgehead atoms. The van der Waals surface area contributed by atoms with Gasteiger partial charge in [0.15, 0.2) is 5.96 Å². The summed E-state index contributed by atoms with van der Waals surface area (Å²) in [7, 11) is 1.83. The summed E-state index contributed by atoms with van der Waals surface area (Å²) in [4.78, 5) is 18.0. The molecule has 26 heavy (non-hydrogen) atoms. The van der Waals surface area contributed by atoms with E-state index < -0.39 is 0 Å². The largest absolute Gasteiger partial charge is 0.354 e. The zero-order chi connectivity index (χ0) is 18.4. The fourth-order valence-corrected chi connectivity index (χ4v) is 4.51. The van der Waals surface area contributed by atoms with Gasteiger partial charge in [0.1, 0.15) is 0 Å². The Morgan fingerprint density at radius 2 is 2.04 bits per heavy atom. The molecule has 1 aromatic rings. The molecular weight excluding hydrogens is 344 g/mol. The number of rotatable bonds is 6. The van der Waals surface area contributed by atoms with E-state index in [2.05, 4.69) is 46.1 Å². The number of likely N-dealkylation sites (tertiary alicyclic amines) is 1. The lowest BCUT2D eigenvalue weighted by atomic mass is 10.1. The van der Waals surface area contributed by atoms with Gasteiger partial charge in [-0.3, -0.25) is 9.79 Å². The van der Waals surface area contributed by atoms with Crippen molar-refractivity contribution in [2.75, 3.05) is 19.8 Å². The maximum absolute atomic E-state index is 11.7. The van der Waals surface area contributed by atoms with E-state index in [4.69, 9.17) is 0 Å². The number of nitrogens with one attached hydrogen (secondary N) is 2. The molecule has 1 aromatic carbocycles. The van der Waals surface area contributed by atoms with Gasteiger partial charge in [0.2, 0.25) is 5.91 Å². The summed E-state index contributed by atoms with van der Waals surface area (Å²) < 4.78 is 0. The third-order valence-corrected chi connectivity index (χ3v) is 6.40. The Labute approximate surface area is 161 Å². The van der Waals surface area contributed by atoms with Crippen LogP contribution in [0, 0.1) is 0 Å². The number of nitrogens with zero attached hydrogens (tertiary/aromatic N) is 2. The minimum absolute atomic E-state index is 0.279. The number of hydrogen-bond donors (Lipinski definition) is 2. The fraction of sp³-hybridized carbons (Fsp3) is 0.600. The third kappa shape index (κ3) is 5.16. The Morgan fingerprint density at radius 3 is 2.65 bits per heavy atom. The van der Waals surface area contributed by atoms with Crippen LogP contribution in [0.1, 0.15) is 43.2 Å². The minimum atomic E-state index is 0.279. The summed E-state index contributed by atoms with van der Waals surface area (Å²) in [5.41, 5.74) is 2.42. The highest BCUT2D eigenvalue weighted by molar-refractivity contribution is 7.99. The molecule has 2 unspecified atom stereocenters. The summed E-state index contributed by atoms with van der Waals surface area (Å²) in [5.74, 6) is 1.16. The number of carbonyl (C=O) groups excluding carboxylic acids is 1. The minimum Gasteiger partial charge on any atom is -0.354 e. The number of amides is 1. The first-order chi connectivity index (χ1) is 12.7. The Morgan fingerprint density at radius 1 is 1.27 bits per heavy atom. The lowest BCUT2D eigenvalue weighted by Crippen LogP contribution is -2.42. The zero-order valence-corrected chi connectivity index (χ0v) is 16.6. The van der Waals surface area contributed by atoms with Crippen LogP contribution in [0.2, 0.25) is 0 Å². The Balaban J connectivity index is 1.45. The SMILES string of the molecule is CN=C(NCc1ccc(CN2CCCC2=O)cc1)NC1CCC(SC)C1. The van der Waals surface area contributed by atoms with E-state index in [1.807, 2.05) is 23.7 Å². The average molecular weight is 375 g/mol. The molecule has 5 nitrogen and oxygen atoms in total. The van der Waals surface area contributed by atoms with Crippen LogP contribution >= 0.6 is 11.8 Å². The number of benzene rings is 1. The first kappa shape index (κ1) is 19.1. The molecule has 6 heteroatoms. The van der Waals surface area contributed by atoms with E-state index in [0.29, 0.717) is 12.5 Å². The molecule has 1 saturated heterocycles. The molecule has 1 aliphatic heterocycles. The Hall–Kier alpha value is -1.69. The monoisotopic (exact) mass is 374 g/mol. The van der Waals surface area contributed by atoms with Gasteiger partial charge in [-0.2, -0.15) is 11.8 Å². The Bertz CT molecular complexity index is 631. The van der Waals surface area contributed by atoms with Crippen LogP contribution in [0.5, 0.6) is 0 Å². The molecule has 0 spiro atoms. The first-order valence-electron chi connectivity index (χ1n) is 9.53. The first-order valence-corrected chi connectivity index (χ1v) is 10.8. The smallest absolute Gasteiger partial charge is 0.222 e. The van der Waals surface area contributed by atoms with E-state index in [1.54, 1.807) is 0 Å². The van der Waals surface area contributed by atoms with Crippen LogP contribution in [0.3, 0.4) is 0 Å². The highest BCUT2D eigenvalue weighted by atomic mass is 32.2.